The van der Waals surface area contributed by atoms with Crippen molar-refractivity contribution in [2.75, 3.05) is 11.8 Å². The highest BCUT2D eigenvalue weighted by Crippen LogP contribution is 2.38. The number of nitro benzene ring substituents is 1. The maximum absolute atomic E-state index is 12.6. The first-order valence-corrected chi connectivity index (χ1v) is 8.67. The largest absolute Gasteiger partial charge is 0.456 e. The maximum atomic E-state index is 12.6. The van der Waals surface area contributed by atoms with Gasteiger partial charge in [0.05, 0.1) is 15.5 Å². The fraction of sp³-hybridized carbons (Fsp3) is 0.143. The smallest absolute Gasteiger partial charge is 0.456 e. The molecule has 0 amide bonds. The molecule has 0 saturated heterocycles. The first-order chi connectivity index (χ1) is 11.6. The molecule has 2 aromatic carbocycles. The third-order valence-electron chi connectivity index (χ3n) is 2.93. The minimum absolute atomic E-state index is 0.0471. The highest BCUT2D eigenvalue weighted by molar-refractivity contribution is 7.45. The van der Waals surface area contributed by atoms with E-state index >= 15 is 0 Å². The Morgan fingerprint density at radius 3 is 2.44 bits per heavy atom. The molecule has 1 unspecified atom stereocenters. The van der Waals surface area contributed by atoms with Crippen LogP contribution >= 0.6 is 19.6 Å². The van der Waals surface area contributed by atoms with Crippen LogP contribution in [0.3, 0.4) is 0 Å². The molecule has 1 N–H and O–H groups in total. The fourth-order valence-corrected chi connectivity index (χ4v) is 2.62. The lowest BCUT2D eigenvalue weighted by molar-refractivity contribution is -0.383. The molecule has 2 aromatic rings. The van der Waals surface area contributed by atoms with E-state index in [9.17, 15) is 27.9 Å². The number of nitrogens with one attached hydrogen (secondary N) is 1. The van der Waals surface area contributed by atoms with E-state index in [2.05, 4.69) is 5.09 Å². The van der Waals surface area contributed by atoms with Crippen molar-refractivity contribution < 1.29 is 27.4 Å². The number of halogens is 4. The predicted octanol–water partition coefficient (Wildman–Crippen LogP) is 5.84. The van der Waals surface area contributed by atoms with E-state index in [4.69, 9.17) is 16.3 Å². The first kappa shape index (κ1) is 19.0. The van der Waals surface area contributed by atoms with Crippen LogP contribution in [-0.2, 0) is 10.7 Å². The second-order valence-corrected chi connectivity index (χ2v) is 6.42. The third-order valence-corrected chi connectivity index (χ3v) is 3.78. The number of hydrogen-bond donors (Lipinski definition) is 1. The minimum Gasteiger partial charge on any atom is -0.456 e. The summed E-state index contributed by atoms with van der Waals surface area (Å²) in [6.07, 6.45) is -4.54. The van der Waals surface area contributed by atoms with Crippen LogP contribution in [0, 0.1) is 10.1 Å². The van der Waals surface area contributed by atoms with Gasteiger partial charge in [-0.3, -0.25) is 10.1 Å². The van der Waals surface area contributed by atoms with Crippen LogP contribution in [-0.4, -0.2) is 11.6 Å². The SMILES string of the molecule is C[P+](=O)Nc1cc(Oc2ccc(C(F)(F)F)cc2Cl)ccc1[N+](=O)[O-]. The Kier molecular flexibility index (Phi) is 5.49. The molecule has 0 aliphatic carbocycles. The summed E-state index contributed by atoms with van der Waals surface area (Å²) < 4.78 is 54.5. The van der Waals surface area contributed by atoms with Crippen molar-refractivity contribution in [2.45, 2.75) is 6.18 Å². The normalized spacial score (nSPS) is 11.8. The molecule has 1 atom stereocenters. The molecule has 0 bridgehead atoms. The van der Waals surface area contributed by atoms with Gasteiger partial charge in [0.25, 0.3) is 5.69 Å². The van der Waals surface area contributed by atoms with E-state index in [0.717, 1.165) is 18.2 Å². The van der Waals surface area contributed by atoms with Gasteiger partial charge >= 0.3 is 14.1 Å². The van der Waals surface area contributed by atoms with Gasteiger partial charge in [-0.05, 0) is 28.8 Å². The van der Waals surface area contributed by atoms with Crippen molar-refractivity contribution in [1.82, 2.24) is 0 Å². The van der Waals surface area contributed by atoms with Gasteiger partial charge in [-0.2, -0.15) is 18.3 Å². The van der Waals surface area contributed by atoms with Crippen LogP contribution in [0.25, 0.3) is 0 Å². The molecule has 0 heterocycles. The Bertz CT molecular complexity index is 845. The second-order valence-electron chi connectivity index (χ2n) is 4.79. The lowest BCUT2D eigenvalue weighted by Gasteiger charge is -2.11. The Morgan fingerprint density at radius 1 is 1.24 bits per heavy atom. The van der Waals surface area contributed by atoms with Crippen molar-refractivity contribution in [3.8, 4) is 11.5 Å². The van der Waals surface area contributed by atoms with Gasteiger partial charge in [0, 0.05) is 12.1 Å². The molecular formula is C14H10ClF3N2O4P+. The zero-order valence-corrected chi connectivity index (χ0v) is 14.2. The summed E-state index contributed by atoms with van der Waals surface area (Å²) in [5, 5.41) is 13.1. The predicted molar refractivity (Wildman–Crippen MR) is 86.8 cm³/mol. The Morgan fingerprint density at radius 2 is 1.92 bits per heavy atom. The molecule has 0 radical (unpaired) electrons. The van der Waals surface area contributed by atoms with Crippen molar-refractivity contribution in [3.05, 3.63) is 57.1 Å². The van der Waals surface area contributed by atoms with Crippen molar-refractivity contribution >= 4 is 30.9 Å². The molecule has 0 aromatic heterocycles. The molecule has 0 saturated carbocycles. The quantitative estimate of drug-likeness (QED) is 0.392. The number of nitro groups is 1. The minimum atomic E-state index is -4.54. The van der Waals surface area contributed by atoms with Crippen LogP contribution in [0.4, 0.5) is 24.5 Å². The summed E-state index contributed by atoms with van der Waals surface area (Å²) in [6.45, 7) is 1.32. The zero-order valence-electron chi connectivity index (χ0n) is 12.5. The van der Waals surface area contributed by atoms with E-state index in [1.807, 2.05) is 0 Å². The van der Waals surface area contributed by atoms with Crippen LogP contribution in [0.5, 0.6) is 11.5 Å². The van der Waals surface area contributed by atoms with Gasteiger partial charge in [0.1, 0.15) is 11.5 Å². The van der Waals surface area contributed by atoms with Gasteiger partial charge in [-0.1, -0.05) is 11.6 Å². The van der Waals surface area contributed by atoms with Crippen LogP contribution in [0.2, 0.25) is 5.02 Å². The number of ether oxygens (including phenoxy) is 1. The average Bonchev–Trinajstić information content (AvgIpc) is 2.47. The number of rotatable bonds is 5. The van der Waals surface area contributed by atoms with Gasteiger partial charge in [-0.15, -0.1) is 0 Å². The molecule has 0 spiro atoms. The van der Waals surface area contributed by atoms with Gasteiger partial charge in [0.2, 0.25) is 0 Å². The Hall–Kier alpha value is -2.38. The Labute approximate surface area is 145 Å². The number of hydrogen-bond acceptors (Lipinski definition) is 4. The van der Waals surface area contributed by atoms with Crippen LogP contribution in [0.1, 0.15) is 5.56 Å². The number of alkyl halides is 3. The average molecular weight is 394 g/mol. The van der Waals surface area contributed by atoms with Crippen molar-refractivity contribution in [3.63, 3.8) is 0 Å². The third kappa shape index (κ3) is 4.80. The van der Waals surface area contributed by atoms with Gasteiger partial charge in [0.15, 0.2) is 12.4 Å². The standard InChI is InChI=1S/C14H10ClF3N2O4P/c1-25(23)19-11-7-9(3-4-12(11)20(21)22)24-13-5-2-8(6-10(13)15)14(16,17)18/h2-7H,1H3,(H,19,23)/q+1. The van der Waals surface area contributed by atoms with Crippen molar-refractivity contribution in [2.24, 2.45) is 0 Å². The lowest BCUT2D eigenvalue weighted by atomic mass is 10.2. The highest BCUT2D eigenvalue weighted by atomic mass is 35.5. The summed E-state index contributed by atoms with van der Waals surface area (Å²) in [6, 6.07) is 6.14. The van der Waals surface area contributed by atoms with E-state index in [0.29, 0.717) is 6.07 Å². The Balaban J connectivity index is 2.34. The van der Waals surface area contributed by atoms with E-state index < -0.39 is 24.6 Å². The van der Waals surface area contributed by atoms with Gasteiger partial charge in [-0.25, -0.2) is 0 Å². The molecule has 2 rings (SSSR count). The zero-order chi connectivity index (χ0) is 18.8. The topological polar surface area (TPSA) is 81.5 Å². The monoisotopic (exact) mass is 393 g/mol. The van der Waals surface area contributed by atoms with Crippen molar-refractivity contribution in [1.29, 1.82) is 0 Å². The summed E-state index contributed by atoms with van der Waals surface area (Å²) in [5.74, 6) is 0.0157. The number of nitrogens with zero attached hydrogens (tertiary/aromatic N) is 1. The van der Waals surface area contributed by atoms with E-state index in [1.165, 1.54) is 18.8 Å². The van der Waals surface area contributed by atoms with Crippen LogP contribution < -0.4 is 9.82 Å². The number of anilines is 1. The molecule has 132 valence electrons. The van der Waals surface area contributed by atoms with Gasteiger partial charge < -0.3 is 4.74 Å². The summed E-state index contributed by atoms with van der Waals surface area (Å²) in [4.78, 5) is 10.3. The van der Waals surface area contributed by atoms with Crippen LogP contribution in [0.15, 0.2) is 36.4 Å². The number of benzene rings is 2. The lowest BCUT2D eigenvalue weighted by Crippen LogP contribution is -2.04. The fourth-order valence-electron chi connectivity index (χ4n) is 1.88. The molecule has 0 fully saturated rings. The van der Waals surface area contributed by atoms with E-state index in [-0.39, 0.29) is 27.9 Å². The second kappa shape index (κ2) is 7.25. The highest BCUT2D eigenvalue weighted by Gasteiger charge is 2.31. The molecule has 0 aliphatic heterocycles. The summed E-state index contributed by atoms with van der Waals surface area (Å²) in [7, 11) is -1.92. The molecule has 6 nitrogen and oxygen atoms in total. The molecule has 11 heteroatoms. The molecule has 0 aliphatic rings. The molecule has 25 heavy (non-hydrogen) atoms. The summed E-state index contributed by atoms with van der Waals surface area (Å²) >= 11 is 5.80. The summed E-state index contributed by atoms with van der Waals surface area (Å²) in [5.41, 5.74) is -1.30. The first-order valence-electron chi connectivity index (χ1n) is 6.58. The molecular weight excluding hydrogens is 384 g/mol. The maximum Gasteiger partial charge on any atom is 0.456 e. The van der Waals surface area contributed by atoms with E-state index in [1.54, 1.807) is 0 Å².